The van der Waals surface area contributed by atoms with Gasteiger partial charge in [-0.1, -0.05) is 0 Å². The largest absolute Gasteiger partial charge is 0.478 e. The second kappa shape index (κ2) is 4.70. The van der Waals surface area contributed by atoms with E-state index < -0.39 is 23.2 Å². The van der Waals surface area contributed by atoms with Crippen LogP contribution in [0.1, 0.15) is 0 Å². The van der Waals surface area contributed by atoms with Crippen molar-refractivity contribution in [2.45, 2.75) is 0 Å². The molecule has 0 radical (unpaired) electrons. The topological polar surface area (TPSA) is 118 Å². The SMILES string of the molecule is N/C(C(=O)O)=C(\C=C\C=O)C(=O)O. The fourth-order valence-electron chi connectivity index (χ4n) is 0.527. The van der Waals surface area contributed by atoms with E-state index in [1.54, 1.807) is 0 Å². The number of aldehydes is 1. The molecule has 0 unspecified atom stereocenters. The maximum atomic E-state index is 10.4. The molecule has 0 aromatic carbocycles. The minimum absolute atomic E-state index is 0.318. The van der Waals surface area contributed by atoms with Crippen molar-refractivity contribution in [3.05, 3.63) is 23.4 Å². The standard InChI is InChI=1S/C7H7NO5/c8-5(7(12)13)4(6(10)11)2-1-3-9/h1-3H,8H2,(H,10,11)(H,12,13)/b2-1+,5-4+. The lowest BCUT2D eigenvalue weighted by atomic mass is 10.2. The molecule has 70 valence electrons. The predicted octanol–water partition coefficient (Wildman–Crippen LogP) is -0.876. The van der Waals surface area contributed by atoms with Crippen molar-refractivity contribution in [2.75, 3.05) is 0 Å². The molecule has 0 aliphatic rings. The number of hydrogen-bond acceptors (Lipinski definition) is 4. The molecule has 0 fully saturated rings. The Morgan fingerprint density at radius 3 is 2.00 bits per heavy atom. The smallest absolute Gasteiger partial charge is 0.352 e. The molecule has 6 nitrogen and oxygen atoms in total. The molecule has 0 bridgehead atoms. The van der Waals surface area contributed by atoms with Crippen molar-refractivity contribution in [3.8, 4) is 0 Å². The fraction of sp³-hybridized carbons (Fsp3) is 0. The van der Waals surface area contributed by atoms with Crippen LogP contribution in [0.3, 0.4) is 0 Å². The molecule has 0 aliphatic heterocycles. The lowest BCUT2D eigenvalue weighted by Crippen LogP contribution is -2.16. The molecular weight excluding hydrogens is 178 g/mol. The summed E-state index contributed by atoms with van der Waals surface area (Å²) < 4.78 is 0. The van der Waals surface area contributed by atoms with Gasteiger partial charge >= 0.3 is 11.9 Å². The number of nitrogens with two attached hydrogens (primary N) is 1. The van der Waals surface area contributed by atoms with Crippen LogP contribution < -0.4 is 5.73 Å². The van der Waals surface area contributed by atoms with Gasteiger partial charge in [0.25, 0.3) is 0 Å². The summed E-state index contributed by atoms with van der Waals surface area (Å²) in [6.07, 6.45) is 1.98. The Hall–Kier alpha value is -2.11. The Morgan fingerprint density at radius 1 is 1.15 bits per heavy atom. The Kier molecular flexibility index (Phi) is 3.94. The lowest BCUT2D eigenvalue weighted by Gasteiger charge is -1.97. The third kappa shape index (κ3) is 3.19. The van der Waals surface area contributed by atoms with Gasteiger partial charge in [0.05, 0.1) is 5.57 Å². The van der Waals surface area contributed by atoms with E-state index in [0.717, 1.165) is 12.2 Å². The van der Waals surface area contributed by atoms with Crippen LogP contribution in [0.4, 0.5) is 0 Å². The highest BCUT2D eigenvalue weighted by Crippen LogP contribution is 2.01. The first-order valence-corrected chi connectivity index (χ1v) is 3.09. The minimum atomic E-state index is -1.55. The predicted molar refractivity (Wildman–Crippen MR) is 41.7 cm³/mol. The number of carboxylic acid groups (broad SMARTS) is 2. The van der Waals surface area contributed by atoms with E-state index >= 15 is 0 Å². The third-order valence-corrected chi connectivity index (χ3v) is 1.09. The Bertz CT molecular complexity index is 302. The Balaban J connectivity index is 5.11. The Morgan fingerprint density at radius 2 is 1.69 bits per heavy atom. The molecule has 0 saturated carbocycles. The molecule has 0 aliphatic carbocycles. The zero-order valence-corrected chi connectivity index (χ0v) is 6.43. The second-order valence-corrected chi connectivity index (χ2v) is 1.93. The van der Waals surface area contributed by atoms with Crippen LogP contribution in [0.15, 0.2) is 23.4 Å². The number of carboxylic acids is 2. The molecule has 0 atom stereocenters. The maximum absolute atomic E-state index is 10.4. The maximum Gasteiger partial charge on any atom is 0.352 e. The van der Waals surface area contributed by atoms with Crippen molar-refractivity contribution in [1.29, 1.82) is 0 Å². The van der Waals surface area contributed by atoms with Gasteiger partial charge in [0.1, 0.15) is 12.0 Å². The van der Waals surface area contributed by atoms with Crippen molar-refractivity contribution in [1.82, 2.24) is 0 Å². The summed E-state index contributed by atoms with van der Waals surface area (Å²) in [5.41, 5.74) is 3.49. The van der Waals surface area contributed by atoms with Crippen molar-refractivity contribution in [3.63, 3.8) is 0 Å². The number of aliphatic carboxylic acids is 2. The van der Waals surface area contributed by atoms with Crippen LogP contribution in [0.2, 0.25) is 0 Å². The number of hydrogen-bond donors (Lipinski definition) is 3. The van der Waals surface area contributed by atoms with Crippen LogP contribution in [-0.2, 0) is 14.4 Å². The highest BCUT2D eigenvalue weighted by Gasteiger charge is 2.13. The first-order valence-electron chi connectivity index (χ1n) is 3.09. The molecule has 0 spiro atoms. The van der Waals surface area contributed by atoms with Gasteiger partial charge in [0.2, 0.25) is 0 Å². The van der Waals surface area contributed by atoms with Crippen molar-refractivity contribution in [2.24, 2.45) is 5.73 Å². The van der Waals surface area contributed by atoms with Crippen LogP contribution >= 0.6 is 0 Å². The summed E-state index contributed by atoms with van der Waals surface area (Å²) in [6.45, 7) is 0. The van der Waals surface area contributed by atoms with Gasteiger partial charge in [0, 0.05) is 0 Å². The first-order chi connectivity index (χ1) is 6.00. The highest BCUT2D eigenvalue weighted by molar-refractivity contribution is 6.00. The molecule has 0 amide bonds. The van der Waals surface area contributed by atoms with E-state index in [1.165, 1.54) is 0 Å². The third-order valence-electron chi connectivity index (χ3n) is 1.09. The van der Waals surface area contributed by atoms with Crippen molar-refractivity contribution < 1.29 is 24.6 Å². The van der Waals surface area contributed by atoms with Crippen LogP contribution in [0.25, 0.3) is 0 Å². The van der Waals surface area contributed by atoms with E-state index in [4.69, 9.17) is 15.9 Å². The monoisotopic (exact) mass is 185 g/mol. The normalized spacial score (nSPS) is 12.3. The average molecular weight is 185 g/mol. The fourth-order valence-corrected chi connectivity index (χ4v) is 0.527. The van der Waals surface area contributed by atoms with E-state index in [0.29, 0.717) is 6.29 Å². The molecule has 0 aromatic heterocycles. The van der Waals surface area contributed by atoms with Crippen LogP contribution in [-0.4, -0.2) is 28.4 Å². The molecule has 13 heavy (non-hydrogen) atoms. The molecule has 6 heteroatoms. The first kappa shape index (κ1) is 10.9. The van der Waals surface area contributed by atoms with Crippen molar-refractivity contribution >= 4 is 18.2 Å². The van der Waals surface area contributed by atoms with Gasteiger partial charge in [0.15, 0.2) is 0 Å². The summed E-state index contributed by atoms with van der Waals surface area (Å²) in [6, 6.07) is 0. The zero-order chi connectivity index (χ0) is 10.4. The van der Waals surface area contributed by atoms with Gasteiger partial charge in [-0.2, -0.15) is 0 Å². The van der Waals surface area contributed by atoms with E-state index in [1.807, 2.05) is 0 Å². The summed E-state index contributed by atoms with van der Waals surface area (Å²) in [7, 11) is 0. The van der Waals surface area contributed by atoms with E-state index in [9.17, 15) is 14.4 Å². The lowest BCUT2D eigenvalue weighted by molar-refractivity contribution is -0.135. The molecule has 0 aromatic rings. The number of carbonyl (C=O) groups excluding carboxylic acids is 1. The van der Waals surface area contributed by atoms with Gasteiger partial charge in [-0.05, 0) is 12.2 Å². The number of carbonyl (C=O) groups is 3. The quantitative estimate of drug-likeness (QED) is 0.297. The van der Waals surface area contributed by atoms with E-state index in [-0.39, 0.29) is 0 Å². The van der Waals surface area contributed by atoms with Crippen LogP contribution in [0, 0.1) is 0 Å². The molecule has 0 rings (SSSR count). The highest BCUT2D eigenvalue weighted by atomic mass is 16.4. The number of rotatable bonds is 4. The van der Waals surface area contributed by atoms with Gasteiger partial charge in [-0.15, -0.1) is 0 Å². The average Bonchev–Trinajstić information content (AvgIpc) is 2.04. The summed E-state index contributed by atoms with van der Waals surface area (Å²) in [4.78, 5) is 30.5. The minimum Gasteiger partial charge on any atom is -0.478 e. The summed E-state index contributed by atoms with van der Waals surface area (Å²) in [5.74, 6) is -3.05. The molecule has 0 saturated heterocycles. The number of allylic oxidation sites excluding steroid dienone is 1. The summed E-state index contributed by atoms with van der Waals surface area (Å²) in [5, 5.41) is 16.8. The molecular formula is C7H7NO5. The second-order valence-electron chi connectivity index (χ2n) is 1.93. The van der Waals surface area contributed by atoms with Gasteiger partial charge < -0.3 is 15.9 Å². The van der Waals surface area contributed by atoms with Crippen LogP contribution in [0.5, 0.6) is 0 Å². The van der Waals surface area contributed by atoms with Gasteiger partial charge in [-0.3, -0.25) is 4.79 Å². The van der Waals surface area contributed by atoms with Gasteiger partial charge in [-0.25, -0.2) is 9.59 Å². The summed E-state index contributed by atoms with van der Waals surface area (Å²) >= 11 is 0. The zero-order valence-electron chi connectivity index (χ0n) is 6.43. The molecule has 0 heterocycles. The molecule has 4 N–H and O–H groups in total. The van der Waals surface area contributed by atoms with E-state index in [2.05, 4.69) is 0 Å². The Labute approximate surface area is 73.0 Å².